The fourth-order valence-electron chi connectivity index (χ4n) is 3.15. The standard InChI is InChI=1S/C24H17Cl3FN5O2/c1-2-35-20(34)9-6-14-4-3-5-15(10-14)17-12-29-24(31-16-7-8-19(28)18(25)11-16)32-23(17)33-13-30-21(26)22(33)27/h3-13H,2H2,1H3,(H,29,31,32)/b9-6+. The van der Waals surface area contributed by atoms with Crippen molar-refractivity contribution in [3.63, 3.8) is 0 Å². The van der Waals surface area contributed by atoms with E-state index in [9.17, 15) is 9.18 Å². The van der Waals surface area contributed by atoms with Gasteiger partial charge < -0.3 is 10.1 Å². The van der Waals surface area contributed by atoms with Crippen LogP contribution in [-0.4, -0.2) is 32.1 Å². The first-order valence-electron chi connectivity index (χ1n) is 10.3. The number of rotatable bonds is 7. The second kappa shape index (κ2) is 10.9. The first kappa shape index (κ1) is 24.7. The minimum Gasteiger partial charge on any atom is -0.463 e. The van der Waals surface area contributed by atoms with E-state index in [4.69, 9.17) is 39.5 Å². The Morgan fingerprint density at radius 3 is 2.71 bits per heavy atom. The van der Waals surface area contributed by atoms with Gasteiger partial charge in [0.25, 0.3) is 0 Å². The van der Waals surface area contributed by atoms with Crippen LogP contribution in [0, 0.1) is 5.82 Å². The number of aromatic nitrogens is 4. The van der Waals surface area contributed by atoms with Gasteiger partial charge in [-0.3, -0.25) is 4.57 Å². The highest BCUT2D eigenvalue weighted by atomic mass is 35.5. The molecule has 0 amide bonds. The van der Waals surface area contributed by atoms with E-state index in [0.717, 1.165) is 11.1 Å². The van der Waals surface area contributed by atoms with Crippen molar-refractivity contribution < 1.29 is 13.9 Å². The van der Waals surface area contributed by atoms with Crippen LogP contribution in [0.1, 0.15) is 12.5 Å². The Balaban J connectivity index is 1.75. The quantitative estimate of drug-likeness (QED) is 0.209. The molecular formula is C24H17Cl3FN5O2. The van der Waals surface area contributed by atoms with E-state index in [-0.39, 0.29) is 21.3 Å². The molecule has 1 N–H and O–H groups in total. The zero-order valence-electron chi connectivity index (χ0n) is 18.2. The zero-order valence-corrected chi connectivity index (χ0v) is 20.4. The van der Waals surface area contributed by atoms with Gasteiger partial charge in [-0.25, -0.2) is 19.2 Å². The van der Waals surface area contributed by atoms with Gasteiger partial charge in [-0.2, -0.15) is 4.98 Å². The number of carbonyl (C=O) groups is 1. The maximum Gasteiger partial charge on any atom is 0.330 e. The van der Waals surface area contributed by atoms with Crippen LogP contribution in [0.25, 0.3) is 23.0 Å². The Kier molecular flexibility index (Phi) is 7.65. The van der Waals surface area contributed by atoms with Crippen molar-refractivity contribution in [3.8, 4) is 16.9 Å². The Hall–Kier alpha value is -3.46. The van der Waals surface area contributed by atoms with Crippen LogP contribution in [0.4, 0.5) is 16.0 Å². The van der Waals surface area contributed by atoms with Gasteiger partial charge in [0.2, 0.25) is 5.95 Å². The lowest BCUT2D eigenvalue weighted by Gasteiger charge is -2.13. The minimum atomic E-state index is -0.536. The van der Waals surface area contributed by atoms with E-state index in [0.29, 0.717) is 23.7 Å². The second-order valence-corrected chi connectivity index (χ2v) is 8.22. The van der Waals surface area contributed by atoms with Crippen molar-refractivity contribution in [2.24, 2.45) is 0 Å². The minimum absolute atomic E-state index is 0.0380. The third-order valence-corrected chi connectivity index (χ3v) is 5.76. The van der Waals surface area contributed by atoms with Gasteiger partial charge in [0.05, 0.1) is 11.6 Å². The van der Waals surface area contributed by atoms with Crippen molar-refractivity contribution in [1.82, 2.24) is 19.5 Å². The number of hydrogen-bond acceptors (Lipinski definition) is 6. The molecule has 0 fully saturated rings. The average molecular weight is 533 g/mol. The lowest BCUT2D eigenvalue weighted by atomic mass is 10.0. The number of hydrogen-bond donors (Lipinski definition) is 1. The number of benzene rings is 2. The molecule has 2 heterocycles. The van der Waals surface area contributed by atoms with E-state index in [2.05, 4.69) is 20.3 Å². The summed E-state index contributed by atoms with van der Waals surface area (Å²) in [6.07, 6.45) is 6.05. The second-order valence-electron chi connectivity index (χ2n) is 7.09. The van der Waals surface area contributed by atoms with Gasteiger partial charge in [0, 0.05) is 23.5 Å². The highest BCUT2D eigenvalue weighted by molar-refractivity contribution is 6.40. The van der Waals surface area contributed by atoms with Crippen LogP contribution < -0.4 is 5.32 Å². The molecule has 0 aliphatic heterocycles. The number of nitrogens with one attached hydrogen (secondary N) is 1. The molecule has 0 atom stereocenters. The van der Waals surface area contributed by atoms with E-state index in [1.54, 1.807) is 19.2 Å². The van der Waals surface area contributed by atoms with Gasteiger partial charge in [0.15, 0.2) is 16.1 Å². The highest BCUT2D eigenvalue weighted by Crippen LogP contribution is 2.32. The van der Waals surface area contributed by atoms with Crippen LogP contribution in [-0.2, 0) is 9.53 Å². The molecule has 4 rings (SSSR count). The number of halogens is 4. The molecule has 0 radical (unpaired) electrons. The van der Waals surface area contributed by atoms with Crippen LogP contribution in [0.5, 0.6) is 0 Å². The molecule has 0 saturated heterocycles. The first-order chi connectivity index (χ1) is 16.9. The molecule has 0 aliphatic rings. The van der Waals surface area contributed by atoms with E-state index >= 15 is 0 Å². The molecule has 2 aromatic heterocycles. The molecule has 2 aromatic carbocycles. The lowest BCUT2D eigenvalue weighted by molar-refractivity contribution is -0.137. The fraction of sp³-hybridized carbons (Fsp3) is 0.0833. The summed E-state index contributed by atoms with van der Waals surface area (Å²) >= 11 is 18.3. The topological polar surface area (TPSA) is 81.9 Å². The summed E-state index contributed by atoms with van der Waals surface area (Å²) in [5.41, 5.74) is 2.63. The van der Waals surface area contributed by atoms with Crippen molar-refractivity contribution >= 4 is 58.5 Å². The first-order valence-corrected chi connectivity index (χ1v) is 11.4. The summed E-state index contributed by atoms with van der Waals surface area (Å²) in [5.74, 6) is -0.360. The monoisotopic (exact) mass is 531 g/mol. The average Bonchev–Trinajstić information content (AvgIpc) is 3.18. The third kappa shape index (κ3) is 5.79. The van der Waals surface area contributed by atoms with Crippen LogP contribution in [0.2, 0.25) is 15.3 Å². The molecule has 0 unspecified atom stereocenters. The molecule has 0 bridgehead atoms. The summed E-state index contributed by atoms with van der Waals surface area (Å²) in [7, 11) is 0. The Labute approximate surface area is 215 Å². The lowest BCUT2D eigenvalue weighted by Crippen LogP contribution is -2.05. The molecule has 0 saturated carbocycles. The third-order valence-electron chi connectivity index (χ3n) is 4.74. The van der Waals surface area contributed by atoms with E-state index in [1.165, 1.54) is 35.2 Å². The molecule has 4 aromatic rings. The van der Waals surface area contributed by atoms with Gasteiger partial charge in [0.1, 0.15) is 12.1 Å². The summed E-state index contributed by atoms with van der Waals surface area (Å²) in [6, 6.07) is 11.6. The van der Waals surface area contributed by atoms with Gasteiger partial charge in [-0.1, -0.05) is 53.0 Å². The number of carbonyl (C=O) groups excluding carboxylic acids is 1. The summed E-state index contributed by atoms with van der Waals surface area (Å²) in [5, 5.41) is 3.24. The SMILES string of the molecule is CCOC(=O)/C=C/c1cccc(-c2cnc(Nc3ccc(F)c(Cl)c3)nc2-n2cnc(Cl)c2Cl)c1. The number of esters is 1. The summed E-state index contributed by atoms with van der Waals surface area (Å²) in [6.45, 7) is 2.03. The zero-order chi connectivity index (χ0) is 24.9. The van der Waals surface area contributed by atoms with Crippen molar-refractivity contribution in [3.05, 3.63) is 87.8 Å². The van der Waals surface area contributed by atoms with Gasteiger partial charge in [-0.05, 0) is 48.4 Å². The summed E-state index contributed by atoms with van der Waals surface area (Å²) < 4.78 is 20.0. The molecule has 0 aliphatic carbocycles. The number of anilines is 2. The molecule has 178 valence electrons. The van der Waals surface area contributed by atoms with Gasteiger partial charge in [-0.15, -0.1) is 0 Å². The fourth-order valence-corrected chi connectivity index (χ4v) is 3.63. The smallest absolute Gasteiger partial charge is 0.330 e. The van der Waals surface area contributed by atoms with E-state index < -0.39 is 11.8 Å². The number of imidazole rings is 1. The highest BCUT2D eigenvalue weighted by Gasteiger charge is 2.17. The maximum atomic E-state index is 13.5. The predicted molar refractivity (Wildman–Crippen MR) is 135 cm³/mol. The molecule has 0 spiro atoms. The number of ether oxygens (including phenoxy) is 1. The van der Waals surface area contributed by atoms with Crippen LogP contribution >= 0.6 is 34.8 Å². The normalized spacial score (nSPS) is 11.1. The van der Waals surface area contributed by atoms with Crippen molar-refractivity contribution in [2.75, 3.05) is 11.9 Å². The van der Waals surface area contributed by atoms with E-state index in [1.807, 2.05) is 24.3 Å². The maximum absolute atomic E-state index is 13.5. The Bertz CT molecular complexity index is 1420. The molecule has 11 heteroatoms. The predicted octanol–water partition coefficient (Wildman–Crippen LogP) is 6.75. The molecule has 7 nitrogen and oxygen atoms in total. The van der Waals surface area contributed by atoms with Crippen molar-refractivity contribution in [1.29, 1.82) is 0 Å². The van der Waals surface area contributed by atoms with Crippen LogP contribution in [0.15, 0.2) is 61.1 Å². The van der Waals surface area contributed by atoms with Crippen LogP contribution in [0.3, 0.4) is 0 Å². The molecule has 35 heavy (non-hydrogen) atoms. The number of nitrogens with zero attached hydrogens (tertiary/aromatic N) is 4. The summed E-state index contributed by atoms with van der Waals surface area (Å²) in [4.78, 5) is 24.7. The Morgan fingerprint density at radius 1 is 1.17 bits per heavy atom. The van der Waals surface area contributed by atoms with Gasteiger partial charge >= 0.3 is 5.97 Å². The molecular weight excluding hydrogens is 516 g/mol. The Morgan fingerprint density at radius 2 is 2.00 bits per heavy atom. The van der Waals surface area contributed by atoms with Crippen molar-refractivity contribution in [2.45, 2.75) is 6.92 Å². The largest absolute Gasteiger partial charge is 0.463 e.